The van der Waals surface area contributed by atoms with Crippen LogP contribution in [0.3, 0.4) is 0 Å². The number of hydrogen-bond acceptors (Lipinski definition) is 7. The van der Waals surface area contributed by atoms with E-state index in [4.69, 9.17) is 22.9 Å². The average Bonchev–Trinajstić information content (AvgIpc) is 2.84. The quantitative estimate of drug-likeness (QED) is 0.104. The first-order valence-corrected chi connectivity index (χ1v) is 7.04. The molecule has 12 heteroatoms. The smallest absolute Gasteiger partial charge is 0.251 e. The fraction of sp³-hybridized carbons (Fsp3) is 0.727. The lowest BCUT2D eigenvalue weighted by molar-refractivity contribution is -0.525. The van der Waals surface area contributed by atoms with Gasteiger partial charge in [-0.25, -0.2) is 15.1 Å². The number of guanidine groups is 1. The number of nitrogens with two attached hydrogens (primary N) is 4. The van der Waals surface area contributed by atoms with Gasteiger partial charge in [-0.15, -0.1) is 0 Å². The molecule has 0 bridgehead atoms. The monoisotopic (exact) mass is 330 g/mol. The van der Waals surface area contributed by atoms with Gasteiger partial charge in [0.1, 0.15) is 6.04 Å². The lowest BCUT2D eigenvalue weighted by atomic mass is 10.1. The van der Waals surface area contributed by atoms with Gasteiger partial charge in [-0.1, -0.05) is 5.43 Å². The largest absolute Gasteiger partial charge is 0.368 e. The summed E-state index contributed by atoms with van der Waals surface area (Å²) in [6.07, 6.45) is 1.00. The normalized spacial score (nSPS) is 22.7. The molecule has 23 heavy (non-hydrogen) atoms. The molecule has 12 nitrogen and oxygen atoms in total. The van der Waals surface area contributed by atoms with E-state index in [0.29, 0.717) is 12.8 Å². The van der Waals surface area contributed by atoms with E-state index in [9.17, 15) is 19.7 Å². The van der Waals surface area contributed by atoms with Gasteiger partial charge >= 0.3 is 0 Å². The molecule has 1 saturated heterocycles. The van der Waals surface area contributed by atoms with Gasteiger partial charge in [0.15, 0.2) is 5.03 Å². The first-order chi connectivity index (χ1) is 10.7. The first kappa shape index (κ1) is 18.6. The lowest BCUT2D eigenvalue weighted by Gasteiger charge is -2.25. The van der Waals surface area contributed by atoms with Crippen molar-refractivity contribution in [3.05, 3.63) is 10.1 Å². The van der Waals surface area contributed by atoms with E-state index in [1.807, 2.05) is 0 Å². The van der Waals surface area contributed by atoms with Gasteiger partial charge in [0.2, 0.25) is 11.8 Å². The van der Waals surface area contributed by atoms with Crippen molar-refractivity contribution >= 4 is 17.8 Å². The molecular formula is C11H22N8O4. The van der Waals surface area contributed by atoms with Crippen molar-refractivity contribution in [2.45, 2.75) is 37.4 Å². The maximum absolute atomic E-state index is 12.3. The summed E-state index contributed by atoms with van der Waals surface area (Å²) < 4.78 is 0. The molecule has 0 unspecified atom stereocenters. The number of primary amides is 1. The van der Waals surface area contributed by atoms with E-state index >= 15 is 0 Å². The van der Waals surface area contributed by atoms with Crippen molar-refractivity contribution in [1.82, 2.24) is 10.3 Å². The first-order valence-electron chi connectivity index (χ1n) is 7.04. The van der Waals surface area contributed by atoms with Crippen LogP contribution in [0.5, 0.6) is 0 Å². The van der Waals surface area contributed by atoms with Crippen LogP contribution in [0.4, 0.5) is 0 Å². The van der Waals surface area contributed by atoms with E-state index in [0.717, 1.165) is 0 Å². The molecule has 1 aliphatic rings. The molecule has 3 atom stereocenters. The molecule has 0 aliphatic carbocycles. The van der Waals surface area contributed by atoms with Crippen molar-refractivity contribution < 1.29 is 14.6 Å². The van der Waals surface area contributed by atoms with Gasteiger partial charge in [0.05, 0.1) is 6.04 Å². The number of hydrazine groups is 1. The maximum Gasteiger partial charge on any atom is 0.251 e. The average molecular weight is 330 g/mol. The molecule has 1 aliphatic heterocycles. The molecule has 130 valence electrons. The molecule has 0 aromatic carbocycles. The number of hydrogen-bond donors (Lipinski definition) is 5. The number of carbonyl (C=O) groups is 2. The SMILES string of the molecule is NC(=O)[C@@H]1C[C@H](N)CN1C(=O)[C@H](N)CCCN=C(N)N[N+](=O)[O-]. The van der Waals surface area contributed by atoms with Crippen LogP contribution in [-0.4, -0.2) is 58.9 Å². The van der Waals surface area contributed by atoms with Crippen LogP contribution in [0.2, 0.25) is 0 Å². The second-order valence-electron chi connectivity index (χ2n) is 5.29. The van der Waals surface area contributed by atoms with E-state index in [1.54, 1.807) is 5.43 Å². The van der Waals surface area contributed by atoms with Crippen LogP contribution in [0.25, 0.3) is 0 Å². The lowest BCUT2D eigenvalue weighted by Crippen LogP contribution is -2.50. The molecule has 2 amide bonds. The van der Waals surface area contributed by atoms with Crippen LogP contribution < -0.4 is 28.4 Å². The highest BCUT2D eigenvalue weighted by Gasteiger charge is 2.38. The Morgan fingerprint density at radius 2 is 2.09 bits per heavy atom. The molecule has 0 aromatic heterocycles. The van der Waals surface area contributed by atoms with Gasteiger partial charge in [0.25, 0.3) is 5.96 Å². The van der Waals surface area contributed by atoms with Crippen LogP contribution in [0, 0.1) is 10.1 Å². The highest BCUT2D eigenvalue weighted by Crippen LogP contribution is 2.18. The zero-order chi connectivity index (χ0) is 17.6. The Bertz CT molecular complexity index is 496. The van der Waals surface area contributed by atoms with Crippen molar-refractivity contribution in [3.63, 3.8) is 0 Å². The highest BCUT2D eigenvalue weighted by atomic mass is 16.7. The van der Waals surface area contributed by atoms with E-state index in [-0.39, 0.29) is 31.5 Å². The second-order valence-corrected chi connectivity index (χ2v) is 5.29. The third-order valence-electron chi connectivity index (χ3n) is 3.42. The summed E-state index contributed by atoms with van der Waals surface area (Å²) in [5.41, 5.74) is 23.8. The standard InChI is InChI=1S/C11H22N8O4/c12-6-4-8(9(14)20)18(5-6)10(21)7(13)2-1-3-16-11(15)17-19(22)23/h6-8H,1-5,12-13H2,(H2,14,20)(H3,15,16,17)/t6-,7+,8-/m0/s1. The summed E-state index contributed by atoms with van der Waals surface area (Å²) >= 11 is 0. The fourth-order valence-electron chi connectivity index (χ4n) is 2.36. The van der Waals surface area contributed by atoms with Crippen LogP contribution in [0.15, 0.2) is 4.99 Å². The number of nitro groups is 1. The van der Waals surface area contributed by atoms with Crippen LogP contribution in [0.1, 0.15) is 19.3 Å². The van der Waals surface area contributed by atoms with E-state index < -0.39 is 28.9 Å². The molecule has 0 spiro atoms. The Morgan fingerprint density at radius 1 is 1.43 bits per heavy atom. The minimum Gasteiger partial charge on any atom is -0.368 e. The van der Waals surface area contributed by atoms with Gasteiger partial charge in [-0.2, -0.15) is 0 Å². The number of aliphatic imine (C=N–C) groups is 1. The molecular weight excluding hydrogens is 308 g/mol. The number of rotatable bonds is 7. The number of nitrogens with zero attached hydrogens (tertiary/aromatic N) is 3. The molecule has 9 N–H and O–H groups in total. The summed E-state index contributed by atoms with van der Waals surface area (Å²) in [5, 5.41) is 9.29. The van der Waals surface area contributed by atoms with Gasteiger partial charge in [-0.3, -0.25) is 9.59 Å². The van der Waals surface area contributed by atoms with E-state index in [2.05, 4.69) is 4.99 Å². The molecule has 1 rings (SSSR count). The van der Waals surface area contributed by atoms with Crippen molar-refractivity contribution in [2.75, 3.05) is 13.1 Å². The third-order valence-corrected chi connectivity index (χ3v) is 3.42. The predicted molar refractivity (Wildman–Crippen MR) is 81.1 cm³/mol. The highest BCUT2D eigenvalue weighted by molar-refractivity contribution is 5.89. The minimum absolute atomic E-state index is 0.173. The Balaban J connectivity index is 2.45. The molecule has 0 aromatic rings. The summed E-state index contributed by atoms with van der Waals surface area (Å²) in [6.45, 7) is 0.407. The van der Waals surface area contributed by atoms with Crippen LogP contribution in [-0.2, 0) is 9.59 Å². The summed E-state index contributed by atoms with van der Waals surface area (Å²) in [4.78, 5) is 38.7. The van der Waals surface area contributed by atoms with Crippen molar-refractivity contribution in [2.24, 2.45) is 27.9 Å². The fourth-order valence-corrected chi connectivity index (χ4v) is 2.36. The molecule has 0 radical (unpaired) electrons. The summed E-state index contributed by atoms with van der Waals surface area (Å²) in [7, 11) is 0. The third kappa shape index (κ3) is 5.67. The zero-order valence-corrected chi connectivity index (χ0v) is 12.6. The van der Waals surface area contributed by atoms with Crippen molar-refractivity contribution in [1.29, 1.82) is 0 Å². The molecule has 1 heterocycles. The zero-order valence-electron chi connectivity index (χ0n) is 12.6. The van der Waals surface area contributed by atoms with Gasteiger partial charge in [0, 0.05) is 19.1 Å². The summed E-state index contributed by atoms with van der Waals surface area (Å²) in [5.74, 6) is -1.34. The Labute approximate surface area is 132 Å². The van der Waals surface area contributed by atoms with Gasteiger partial charge in [-0.05, 0) is 19.3 Å². The Kier molecular flexibility index (Phi) is 6.65. The Morgan fingerprint density at radius 3 is 2.65 bits per heavy atom. The maximum atomic E-state index is 12.3. The molecule has 0 saturated carbocycles. The second kappa shape index (κ2) is 8.24. The van der Waals surface area contributed by atoms with E-state index in [1.165, 1.54) is 4.90 Å². The number of nitrogens with one attached hydrogen (secondary N) is 1. The molecule has 1 fully saturated rings. The number of carbonyl (C=O) groups excluding carboxylic acids is 2. The van der Waals surface area contributed by atoms with Gasteiger partial charge < -0.3 is 27.8 Å². The number of likely N-dealkylation sites (tertiary alicyclic amines) is 1. The summed E-state index contributed by atoms with van der Waals surface area (Å²) in [6, 6.07) is -1.87. The Hall–Kier alpha value is -2.47. The topological polar surface area (TPSA) is 209 Å². The predicted octanol–water partition coefficient (Wildman–Crippen LogP) is -3.40. The number of amides is 2. The van der Waals surface area contributed by atoms with Crippen LogP contribution >= 0.6 is 0 Å². The van der Waals surface area contributed by atoms with Crippen molar-refractivity contribution in [3.8, 4) is 0 Å². The minimum atomic E-state index is -0.831.